The van der Waals surface area contributed by atoms with Crippen molar-refractivity contribution in [3.05, 3.63) is 0 Å². The molecular formula is C23H33NO6S. The molecule has 2 saturated heterocycles. The lowest BCUT2D eigenvalue weighted by molar-refractivity contribution is -0.163. The maximum absolute atomic E-state index is 12.9. The summed E-state index contributed by atoms with van der Waals surface area (Å²) in [7, 11) is -3.74. The van der Waals surface area contributed by atoms with E-state index in [1.54, 1.807) is 11.2 Å². The molecule has 7 nitrogen and oxygen atoms in total. The number of fused-ring (bicyclic) bond motifs is 4. The first-order chi connectivity index (χ1) is 14.6. The Kier molecular flexibility index (Phi) is 4.06. The largest absolute Gasteiger partial charge is 0.462 e. The van der Waals surface area contributed by atoms with Gasteiger partial charge in [-0.25, -0.2) is 0 Å². The number of nitrogens with zero attached hydrogens (tertiary/aromatic N) is 1. The molecule has 1 spiro atoms. The van der Waals surface area contributed by atoms with Crippen LogP contribution in [0, 0.1) is 34.5 Å². The average molecular weight is 452 g/mol. The minimum absolute atomic E-state index is 0.0383. The highest BCUT2D eigenvalue weighted by Gasteiger charge is 2.85. The number of hydrogen-bond acceptors (Lipinski definition) is 6. The van der Waals surface area contributed by atoms with E-state index in [2.05, 4.69) is 6.92 Å². The first-order valence-corrected chi connectivity index (χ1v) is 13.3. The van der Waals surface area contributed by atoms with Crippen molar-refractivity contribution >= 4 is 22.1 Å². The molecule has 10 atom stereocenters. The van der Waals surface area contributed by atoms with Crippen molar-refractivity contribution in [2.75, 3.05) is 6.61 Å². The summed E-state index contributed by atoms with van der Waals surface area (Å²) in [5.74, 6) is 1.48. The zero-order valence-corrected chi connectivity index (χ0v) is 19.4. The summed E-state index contributed by atoms with van der Waals surface area (Å²) in [6.45, 7) is 5.75. The number of hydrogen-bond donors (Lipinski definition) is 0. The summed E-state index contributed by atoms with van der Waals surface area (Å²) in [5, 5.41) is 0. The van der Waals surface area contributed by atoms with Gasteiger partial charge in [-0.3, -0.25) is 13.8 Å². The molecule has 4 saturated carbocycles. The van der Waals surface area contributed by atoms with E-state index in [0.29, 0.717) is 30.0 Å². The standard InChI is InChI=1S/C23H33NO6S/c1-13(25)17-4-5-18-16-10-20-23-11-15(30-14(2)26)6-9-22(23,12-29-31(27,28)24(20)23)19(16)7-8-21(17,18)3/h15-20H,4-12H2,1-3H3/t15-,16-,17+,18-,19-,20+,21+,22-,23+,24?/m0/s1. The Labute approximate surface area is 184 Å². The fourth-order valence-corrected chi connectivity index (χ4v) is 11.5. The Morgan fingerprint density at radius 1 is 1.06 bits per heavy atom. The van der Waals surface area contributed by atoms with Crippen LogP contribution in [0.5, 0.6) is 0 Å². The zero-order chi connectivity index (χ0) is 22.0. The van der Waals surface area contributed by atoms with E-state index in [4.69, 9.17) is 8.92 Å². The second-order valence-electron chi connectivity index (χ2n) is 11.5. The third-order valence-electron chi connectivity index (χ3n) is 10.6. The molecule has 2 heterocycles. The molecule has 0 aromatic carbocycles. The van der Waals surface area contributed by atoms with Gasteiger partial charge >= 0.3 is 16.3 Å². The minimum atomic E-state index is -3.74. The highest BCUT2D eigenvalue weighted by molar-refractivity contribution is 7.84. The number of carbonyl (C=O) groups excluding carboxylic acids is 2. The number of ketones is 1. The molecule has 6 rings (SSSR count). The molecule has 8 heteroatoms. The van der Waals surface area contributed by atoms with Crippen molar-refractivity contribution in [2.24, 2.45) is 34.5 Å². The first kappa shape index (κ1) is 20.6. The summed E-state index contributed by atoms with van der Waals surface area (Å²) in [5.41, 5.74) is -0.606. The lowest BCUT2D eigenvalue weighted by atomic mass is 9.44. The molecule has 0 aromatic rings. The van der Waals surface area contributed by atoms with Crippen molar-refractivity contribution in [1.29, 1.82) is 0 Å². The Hall–Kier alpha value is -0.990. The molecule has 6 fully saturated rings. The van der Waals surface area contributed by atoms with Crippen molar-refractivity contribution in [1.82, 2.24) is 4.31 Å². The Bertz CT molecular complexity index is 965. The molecule has 1 unspecified atom stereocenters. The molecule has 0 bridgehead atoms. The SMILES string of the molecule is CC(=O)O[C@H]1CC[C@]23COS(=O)(=O)N4[C@H](C[C@H]5[C@@H]6CC[C@H](C(C)=O)[C@@]6(C)CC[C@@H]52)[C@@]43C1. The number of carbonyl (C=O) groups is 2. The first-order valence-electron chi connectivity index (χ1n) is 11.9. The van der Waals surface area contributed by atoms with Gasteiger partial charge in [0.15, 0.2) is 0 Å². The number of Topliss-reactive ketones (excluding diaryl/α,β-unsaturated/α-hetero) is 1. The second-order valence-corrected chi connectivity index (χ2v) is 13.0. The van der Waals surface area contributed by atoms with Gasteiger partial charge in [0, 0.05) is 30.7 Å². The van der Waals surface area contributed by atoms with Gasteiger partial charge in [-0.05, 0) is 75.0 Å². The van der Waals surface area contributed by atoms with Gasteiger partial charge in [0.25, 0.3) is 0 Å². The van der Waals surface area contributed by atoms with Crippen LogP contribution in [0.15, 0.2) is 0 Å². The predicted octanol–water partition coefficient (Wildman–Crippen LogP) is 2.84. The van der Waals surface area contributed by atoms with Crippen molar-refractivity contribution in [3.8, 4) is 0 Å². The summed E-state index contributed by atoms with van der Waals surface area (Å²) in [6.07, 6.45) is 6.95. The Morgan fingerprint density at radius 2 is 1.84 bits per heavy atom. The van der Waals surface area contributed by atoms with E-state index >= 15 is 0 Å². The van der Waals surface area contributed by atoms with E-state index in [0.717, 1.165) is 44.9 Å². The molecule has 4 aliphatic carbocycles. The number of rotatable bonds is 2. The van der Waals surface area contributed by atoms with E-state index in [1.807, 2.05) is 0 Å². The van der Waals surface area contributed by atoms with Gasteiger partial charge in [0.05, 0.1) is 12.1 Å². The molecule has 31 heavy (non-hydrogen) atoms. The Balaban J connectivity index is 1.40. The molecule has 2 aliphatic heterocycles. The predicted molar refractivity (Wildman–Crippen MR) is 111 cm³/mol. The van der Waals surface area contributed by atoms with E-state index in [-0.39, 0.29) is 41.5 Å². The molecule has 0 radical (unpaired) electrons. The van der Waals surface area contributed by atoms with Crippen molar-refractivity contribution in [3.63, 3.8) is 0 Å². The van der Waals surface area contributed by atoms with Crippen LogP contribution in [0.1, 0.15) is 72.1 Å². The zero-order valence-electron chi connectivity index (χ0n) is 18.6. The van der Waals surface area contributed by atoms with Crippen molar-refractivity contribution in [2.45, 2.75) is 89.8 Å². The van der Waals surface area contributed by atoms with Crippen LogP contribution in [0.25, 0.3) is 0 Å². The van der Waals surface area contributed by atoms with Crippen LogP contribution < -0.4 is 0 Å². The number of ether oxygens (including phenoxy) is 1. The van der Waals surface area contributed by atoms with Crippen LogP contribution in [0.4, 0.5) is 0 Å². The molecule has 0 aromatic heterocycles. The van der Waals surface area contributed by atoms with Crippen LogP contribution in [-0.2, 0) is 28.8 Å². The van der Waals surface area contributed by atoms with Gasteiger partial charge in [-0.15, -0.1) is 0 Å². The average Bonchev–Trinajstić information content (AvgIpc) is 3.18. The second kappa shape index (κ2) is 6.11. The maximum atomic E-state index is 12.9. The summed E-state index contributed by atoms with van der Waals surface area (Å²) in [6, 6.07) is -0.0571. The molecular weight excluding hydrogens is 418 g/mol. The topological polar surface area (TPSA) is 89.8 Å². The third-order valence-corrected chi connectivity index (χ3v) is 12.1. The minimum Gasteiger partial charge on any atom is -0.462 e. The van der Waals surface area contributed by atoms with E-state index < -0.39 is 15.8 Å². The third kappa shape index (κ3) is 2.34. The molecule has 0 amide bonds. The summed E-state index contributed by atoms with van der Waals surface area (Å²) >= 11 is 0. The molecule has 172 valence electrons. The van der Waals surface area contributed by atoms with Crippen LogP contribution in [0.3, 0.4) is 0 Å². The monoisotopic (exact) mass is 451 g/mol. The smallest absolute Gasteiger partial charge is 0.339 e. The number of esters is 1. The van der Waals surface area contributed by atoms with Crippen LogP contribution in [0.2, 0.25) is 0 Å². The van der Waals surface area contributed by atoms with E-state index in [9.17, 15) is 18.0 Å². The van der Waals surface area contributed by atoms with Gasteiger partial charge in [0.2, 0.25) is 0 Å². The summed E-state index contributed by atoms with van der Waals surface area (Å²) < 4.78 is 38.7. The normalized spacial score (nSPS) is 55.8. The Morgan fingerprint density at radius 3 is 2.55 bits per heavy atom. The molecule has 6 aliphatic rings. The lowest BCUT2D eigenvalue weighted by Crippen LogP contribution is -2.64. The fourth-order valence-electron chi connectivity index (χ4n) is 9.69. The molecule has 0 N–H and O–H groups in total. The van der Waals surface area contributed by atoms with Gasteiger partial charge in [0.1, 0.15) is 11.9 Å². The highest BCUT2D eigenvalue weighted by Crippen LogP contribution is 2.77. The van der Waals surface area contributed by atoms with Crippen LogP contribution >= 0.6 is 0 Å². The quantitative estimate of drug-likeness (QED) is 0.474. The fraction of sp³-hybridized carbons (Fsp3) is 0.913. The summed E-state index contributed by atoms with van der Waals surface area (Å²) in [4.78, 5) is 24.0. The maximum Gasteiger partial charge on any atom is 0.339 e. The van der Waals surface area contributed by atoms with Crippen molar-refractivity contribution < 1.29 is 26.9 Å². The van der Waals surface area contributed by atoms with Crippen LogP contribution in [-0.4, -0.2) is 48.8 Å². The van der Waals surface area contributed by atoms with E-state index in [1.165, 1.54) is 6.92 Å². The van der Waals surface area contributed by atoms with Gasteiger partial charge < -0.3 is 4.74 Å². The highest BCUT2D eigenvalue weighted by atomic mass is 32.2. The van der Waals surface area contributed by atoms with Gasteiger partial charge in [-0.2, -0.15) is 12.7 Å². The van der Waals surface area contributed by atoms with Gasteiger partial charge in [-0.1, -0.05) is 6.92 Å². The lowest BCUT2D eigenvalue weighted by Gasteiger charge is -2.61.